The molecule has 8 nitrogen and oxygen atoms in total. The van der Waals surface area contributed by atoms with E-state index in [1.807, 2.05) is 30.3 Å². The molecule has 2 aromatic carbocycles. The molecular formula is C21H24N2O6. The third kappa shape index (κ3) is 6.91. The number of benzene rings is 2. The molecule has 0 aromatic heterocycles. The fraction of sp³-hybridized carbons (Fsp3) is 0.333. The molecular weight excluding hydrogens is 376 g/mol. The first kappa shape index (κ1) is 21.9. The zero-order chi connectivity index (χ0) is 21.2. The van der Waals surface area contributed by atoms with Crippen LogP contribution in [-0.4, -0.2) is 41.0 Å². The van der Waals surface area contributed by atoms with Crippen LogP contribution >= 0.6 is 0 Å². The lowest BCUT2D eigenvalue weighted by molar-refractivity contribution is -0.384. The van der Waals surface area contributed by atoms with E-state index in [-0.39, 0.29) is 37.1 Å². The summed E-state index contributed by atoms with van der Waals surface area (Å²) in [7, 11) is 0. The minimum atomic E-state index is -0.831. The summed E-state index contributed by atoms with van der Waals surface area (Å²) in [5.41, 5.74) is 0.865. The minimum absolute atomic E-state index is 0.0588. The first-order valence-corrected chi connectivity index (χ1v) is 9.30. The lowest BCUT2D eigenvalue weighted by Crippen LogP contribution is -2.41. The van der Waals surface area contributed by atoms with E-state index < -0.39 is 11.0 Å². The molecule has 0 spiro atoms. The second-order valence-corrected chi connectivity index (χ2v) is 6.31. The summed E-state index contributed by atoms with van der Waals surface area (Å²) in [6.07, 6.45) is -0.751. The highest BCUT2D eigenvalue weighted by molar-refractivity contribution is 5.81. The number of amides is 1. The van der Waals surface area contributed by atoms with Gasteiger partial charge >= 0.3 is 5.97 Å². The van der Waals surface area contributed by atoms with Gasteiger partial charge in [-0.1, -0.05) is 30.3 Å². The van der Waals surface area contributed by atoms with E-state index in [2.05, 4.69) is 0 Å². The maximum Gasteiger partial charge on any atom is 0.307 e. The van der Waals surface area contributed by atoms with Gasteiger partial charge in [0.25, 0.3) is 11.6 Å². The van der Waals surface area contributed by atoms with Gasteiger partial charge in [0, 0.05) is 25.2 Å². The van der Waals surface area contributed by atoms with Crippen molar-refractivity contribution in [1.82, 2.24) is 4.90 Å². The topological polar surface area (TPSA) is 99.0 Å². The van der Waals surface area contributed by atoms with Crippen molar-refractivity contribution in [1.29, 1.82) is 0 Å². The van der Waals surface area contributed by atoms with E-state index in [0.717, 1.165) is 5.56 Å². The van der Waals surface area contributed by atoms with Gasteiger partial charge in [-0.05, 0) is 31.5 Å². The van der Waals surface area contributed by atoms with Gasteiger partial charge in [-0.2, -0.15) is 0 Å². The summed E-state index contributed by atoms with van der Waals surface area (Å²) in [4.78, 5) is 36.4. The van der Waals surface area contributed by atoms with Gasteiger partial charge in [0.15, 0.2) is 6.10 Å². The molecule has 1 atom stereocenters. The van der Waals surface area contributed by atoms with Crippen molar-refractivity contribution in [2.24, 2.45) is 0 Å². The number of non-ortho nitro benzene ring substituents is 1. The van der Waals surface area contributed by atoms with Gasteiger partial charge in [-0.15, -0.1) is 0 Å². The van der Waals surface area contributed by atoms with Gasteiger partial charge in [0.05, 0.1) is 18.0 Å². The number of esters is 1. The predicted molar refractivity (Wildman–Crippen MR) is 106 cm³/mol. The molecule has 8 heteroatoms. The number of hydrogen-bond acceptors (Lipinski definition) is 6. The van der Waals surface area contributed by atoms with Gasteiger partial charge in [0.1, 0.15) is 5.75 Å². The van der Waals surface area contributed by atoms with E-state index in [9.17, 15) is 19.7 Å². The smallest absolute Gasteiger partial charge is 0.307 e. The Morgan fingerprint density at radius 3 is 2.34 bits per heavy atom. The lowest BCUT2D eigenvalue weighted by atomic mass is 10.2. The summed E-state index contributed by atoms with van der Waals surface area (Å²) in [5, 5.41) is 10.7. The summed E-state index contributed by atoms with van der Waals surface area (Å²) < 4.78 is 10.6. The zero-order valence-corrected chi connectivity index (χ0v) is 16.4. The number of carbonyl (C=O) groups excluding carboxylic acids is 2. The van der Waals surface area contributed by atoms with Crippen molar-refractivity contribution in [3.05, 3.63) is 70.3 Å². The van der Waals surface area contributed by atoms with Gasteiger partial charge < -0.3 is 14.4 Å². The summed E-state index contributed by atoms with van der Waals surface area (Å²) in [6.45, 7) is 4.13. The molecule has 0 bridgehead atoms. The molecule has 2 rings (SSSR count). The SMILES string of the molecule is CCOC(=O)CCN(Cc1ccccc1)C(=O)C(C)Oc1ccc([N+](=O)[O-])cc1. The second kappa shape index (κ2) is 10.8. The largest absolute Gasteiger partial charge is 0.481 e. The average Bonchev–Trinajstić information content (AvgIpc) is 2.72. The minimum Gasteiger partial charge on any atom is -0.481 e. The van der Waals surface area contributed by atoms with Crippen LogP contribution in [-0.2, 0) is 20.9 Å². The molecule has 0 N–H and O–H groups in total. The van der Waals surface area contributed by atoms with Crippen molar-refractivity contribution < 1.29 is 24.0 Å². The van der Waals surface area contributed by atoms with Gasteiger partial charge in [-0.25, -0.2) is 0 Å². The monoisotopic (exact) mass is 400 g/mol. The maximum absolute atomic E-state index is 12.9. The first-order valence-electron chi connectivity index (χ1n) is 9.30. The van der Waals surface area contributed by atoms with Crippen molar-refractivity contribution in [2.75, 3.05) is 13.2 Å². The van der Waals surface area contributed by atoms with Crippen LogP contribution in [0, 0.1) is 10.1 Å². The normalized spacial score (nSPS) is 11.4. The fourth-order valence-corrected chi connectivity index (χ4v) is 2.69. The molecule has 1 amide bonds. The second-order valence-electron chi connectivity index (χ2n) is 6.31. The van der Waals surface area contributed by atoms with Crippen LogP contribution in [0.4, 0.5) is 5.69 Å². The molecule has 0 radical (unpaired) electrons. The van der Waals surface area contributed by atoms with E-state index in [4.69, 9.17) is 9.47 Å². The molecule has 0 fully saturated rings. The van der Waals surface area contributed by atoms with Gasteiger partial charge in [0.2, 0.25) is 0 Å². The van der Waals surface area contributed by atoms with E-state index in [1.54, 1.807) is 18.7 Å². The van der Waals surface area contributed by atoms with Crippen LogP contribution in [0.2, 0.25) is 0 Å². The Morgan fingerprint density at radius 2 is 1.76 bits per heavy atom. The summed E-state index contributed by atoms with van der Waals surface area (Å²) in [6, 6.07) is 14.9. The number of ether oxygens (including phenoxy) is 2. The van der Waals surface area contributed by atoms with Crippen molar-refractivity contribution >= 4 is 17.6 Å². The van der Waals surface area contributed by atoms with E-state index in [0.29, 0.717) is 12.3 Å². The third-order valence-electron chi connectivity index (χ3n) is 4.13. The third-order valence-corrected chi connectivity index (χ3v) is 4.13. The Balaban J connectivity index is 2.07. The van der Waals surface area contributed by atoms with Crippen LogP contribution < -0.4 is 4.74 Å². The Kier molecular flexibility index (Phi) is 8.14. The molecule has 0 saturated heterocycles. The van der Waals surface area contributed by atoms with Crippen molar-refractivity contribution in [2.45, 2.75) is 32.9 Å². The molecule has 29 heavy (non-hydrogen) atoms. The molecule has 1 unspecified atom stereocenters. The van der Waals surface area contributed by atoms with Crippen molar-refractivity contribution in [3.63, 3.8) is 0 Å². The lowest BCUT2D eigenvalue weighted by Gasteiger charge is -2.26. The van der Waals surface area contributed by atoms with Crippen LogP contribution in [0.15, 0.2) is 54.6 Å². The average molecular weight is 400 g/mol. The number of nitro benzene ring substituents is 1. The Morgan fingerprint density at radius 1 is 1.10 bits per heavy atom. The fourth-order valence-electron chi connectivity index (χ4n) is 2.69. The number of carbonyl (C=O) groups is 2. The number of nitro groups is 1. The summed E-state index contributed by atoms with van der Waals surface area (Å²) in [5.74, 6) is -0.319. The molecule has 0 aliphatic heterocycles. The zero-order valence-electron chi connectivity index (χ0n) is 16.4. The molecule has 0 aliphatic rings. The predicted octanol–water partition coefficient (Wildman–Crippen LogP) is 3.34. The number of rotatable bonds is 10. The highest BCUT2D eigenvalue weighted by atomic mass is 16.6. The van der Waals surface area contributed by atoms with Crippen LogP contribution in [0.3, 0.4) is 0 Å². The molecule has 154 valence electrons. The highest BCUT2D eigenvalue weighted by Crippen LogP contribution is 2.19. The maximum atomic E-state index is 12.9. The van der Waals surface area contributed by atoms with Crippen LogP contribution in [0.5, 0.6) is 5.75 Å². The standard InChI is InChI=1S/C21H24N2O6/c1-3-28-20(24)13-14-22(15-17-7-5-4-6-8-17)21(25)16(2)29-19-11-9-18(10-12-19)23(26)27/h4-12,16H,3,13-15H2,1-2H3. The molecule has 0 saturated carbocycles. The van der Waals surface area contributed by atoms with Gasteiger partial charge in [-0.3, -0.25) is 19.7 Å². The summed E-state index contributed by atoms with van der Waals surface area (Å²) >= 11 is 0. The highest BCUT2D eigenvalue weighted by Gasteiger charge is 2.23. The van der Waals surface area contributed by atoms with E-state index in [1.165, 1.54) is 24.3 Å². The van der Waals surface area contributed by atoms with Crippen LogP contribution in [0.25, 0.3) is 0 Å². The van der Waals surface area contributed by atoms with Crippen molar-refractivity contribution in [3.8, 4) is 5.75 Å². The number of hydrogen-bond donors (Lipinski definition) is 0. The Bertz CT molecular complexity index is 823. The van der Waals surface area contributed by atoms with E-state index >= 15 is 0 Å². The Labute approximate surface area is 169 Å². The number of nitrogens with zero attached hydrogens (tertiary/aromatic N) is 2. The quantitative estimate of drug-likeness (QED) is 0.345. The Hall–Kier alpha value is -3.42. The van der Waals surface area contributed by atoms with Crippen LogP contribution in [0.1, 0.15) is 25.8 Å². The molecule has 0 heterocycles. The molecule has 0 aliphatic carbocycles. The first-order chi connectivity index (χ1) is 13.9. The molecule has 2 aromatic rings.